The van der Waals surface area contributed by atoms with Gasteiger partial charge in [-0.15, -0.1) is 0 Å². The van der Waals surface area contributed by atoms with Gasteiger partial charge in [0.15, 0.2) is 17.5 Å². The minimum atomic E-state index is -0.563. The predicted molar refractivity (Wildman–Crippen MR) is 163 cm³/mol. The number of nitrogens with zero attached hydrogens (tertiary/aromatic N) is 5. The summed E-state index contributed by atoms with van der Waals surface area (Å²) in [6.07, 6.45) is 0. The molecule has 0 aliphatic carbocycles. The number of methoxy groups -OCH3 is 2. The Morgan fingerprint density at radius 1 is 0.833 bits per heavy atom. The van der Waals surface area contributed by atoms with Gasteiger partial charge in [-0.1, -0.05) is 48.5 Å². The van der Waals surface area contributed by atoms with E-state index >= 15 is 4.39 Å². The molecule has 7 rings (SSSR count). The number of aryl methyl sites for hydroxylation is 1. The topological polar surface area (TPSA) is 76.3 Å². The van der Waals surface area contributed by atoms with Crippen molar-refractivity contribution >= 4 is 34.6 Å². The summed E-state index contributed by atoms with van der Waals surface area (Å²) in [5.41, 5.74) is 5.13. The Bertz CT molecular complexity index is 1880. The summed E-state index contributed by atoms with van der Waals surface area (Å²) in [7, 11) is 3.22. The summed E-state index contributed by atoms with van der Waals surface area (Å²) in [4.78, 5) is 12.2. The molecule has 208 valence electrons. The van der Waals surface area contributed by atoms with Gasteiger partial charge in [0.05, 0.1) is 48.7 Å². The maximum atomic E-state index is 15.7. The van der Waals surface area contributed by atoms with Gasteiger partial charge in [0.1, 0.15) is 17.3 Å². The first-order valence-corrected chi connectivity index (χ1v) is 13.5. The maximum Gasteiger partial charge on any atom is 0.179 e. The number of halogens is 1. The molecule has 0 spiro atoms. The number of para-hydroxylation sites is 3. The number of ether oxygens (including phenoxy) is 2. The second-order valence-corrected chi connectivity index (χ2v) is 9.94. The first-order chi connectivity index (χ1) is 20.6. The third-order valence-electron chi connectivity index (χ3n) is 7.50. The third kappa shape index (κ3) is 4.09. The summed E-state index contributed by atoms with van der Waals surface area (Å²) in [6.45, 7) is 1.94. The molecule has 1 aromatic heterocycles. The van der Waals surface area contributed by atoms with E-state index in [9.17, 15) is 0 Å². The molecular weight excluding hydrogens is 531 g/mol. The zero-order chi connectivity index (χ0) is 28.8. The molecular formula is C33H27FN6O2. The molecule has 8 nitrogen and oxygen atoms in total. The molecule has 0 radical (unpaired) electrons. The molecule has 0 saturated carbocycles. The summed E-state index contributed by atoms with van der Waals surface area (Å²) >= 11 is 0. The lowest BCUT2D eigenvalue weighted by Gasteiger charge is -2.40. The van der Waals surface area contributed by atoms with Gasteiger partial charge in [0, 0.05) is 17.2 Å². The number of benzene rings is 4. The van der Waals surface area contributed by atoms with Crippen molar-refractivity contribution in [1.29, 1.82) is 0 Å². The first-order valence-electron chi connectivity index (χ1n) is 13.5. The minimum Gasteiger partial charge on any atom is -0.497 e. The highest BCUT2D eigenvalue weighted by Crippen LogP contribution is 2.48. The van der Waals surface area contributed by atoms with E-state index < -0.39 is 6.04 Å². The molecule has 1 atom stereocenters. The molecule has 1 N–H and O–H groups in total. The molecule has 2 aliphatic heterocycles. The van der Waals surface area contributed by atoms with Crippen LogP contribution in [0, 0.1) is 12.7 Å². The van der Waals surface area contributed by atoms with Crippen LogP contribution in [0.3, 0.4) is 0 Å². The fraction of sp³-hybridized carbons (Fsp3) is 0.121. The maximum absolute atomic E-state index is 15.7. The Kier molecular flexibility index (Phi) is 6.19. The summed E-state index contributed by atoms with van der Waals surface area (Å²) in [6, 6.07) is 29.4. The van der Waals surface area contributed by atoms with Crippen LogP contribution in [0.2, 0.25) is 0 Å². The highest BCUT2D eigenvalue weighted by molar-refractivity contribution is 6.51. The van der Waals surface area contributed by atoms with Gasteiger partial charge < -0.3 is 19.7 Å². The van der Waals surface area contributed by atoms with E-state index in [-0.39, 0.29) is 5.82 Å². The number of rotatable bonds is 5. The lowest BCUT2D eigenvalue weighted by molar-refractivity contribution is 0.405. The van der Waals surface area contributed by atoms with Crippen molar-refractivity contribution in [2.45, 2.75) is 13.0 Å². The van der Waals surface area contributed by atoms with Crippen LogP contribution >= 0.6 is 0 Å². The number of hydrogen-bond donors (Lipinski definition) is 1. The van der Waals surface area contributed by atoms with Gasteiger partial charge >= 0.3 is 0 Å². The Morgan fingerprint density at radius 3 is 2.38 bits per heavy atom. The molecule has 5 aromatic rings. The first kappa shape index (κ1) is 25.5. The van der Waals surface area contributed by atoms with E-state index in [1.165, 1.54) is 6.07 Å². The van der Waals surface area contributed by atoms with E-state index in [4.69, 9.17) is 24.6 Å². The largest absolute Gasteiger partial charge is 0.497 e. The molecule has 2 aliphatic rings. The number of amidine groups is 2. The van der Waals surface area contributed by atoms with Crippen LogP contribution in [0.15, 0.2) is 107 Å². The standard InChI is InChI=1S/C33H27FN6O2/c1-20-29-30(23-13-7-8-14-24(23)34)39-27-16-10-9-15-25(27)35-31(36-26-19-22(41-2)17-18-28(26)42-3)33(39)37-32(29)40(38-20)21-11-5-4-6-12-21/h4-19,30H,1-3H3,(H,35,36). The summed E-state index contributed by atoms with van der Waals surface area (Å²) in [5, 5.41) is 8.35. The molecule has 0 fully saturated rings. The SMILES string of the molecule is COc1ccc(OC)c(NC2=Nc3ccccc3N3C2=Nc2c(c(C)nn2-c2ccccc2)C3c2ccccc2F)c1. The minimum absolute atomic E-state index is 0.314. The zero-order valence-electron chi connectivity index (χ0n) is 23.2. The van der Waals surface area contributed by atoms with E-state index in [1.54, 1.807) is 20.3 Å². The number of aromatic nitrogens is 2. The Labute approximate surface area is 242 Å². The van der Waals surface area contributed by atoms with Crippen molar-refractivity contribution in [2.24, 2.45) is 9.98 Å². The van der Waals surface area contributed by atoms with Gasteiger partial charge in [-0.2, -0.15) is 5.10 Å². The van der Waals surface area contributed by atoms with Crippen LogP contribution in [0.5, 0.6) is 11.5 Å². The number of fused-ring (bicyclic) bond motifs is 4. The highest BCUT2D eigenvalue weighted by Gasteiger charge is 2.42. The van der Waals surface area contributed by atoms with E-state index in [0.29, 0.717) is 40.2 Å². The Hall–Kier alpha value is -5.44. The zero-order valence-corrected chi connectivity index (χ0v) is 23.2. The van der Waals surface area contributed by atoms with Crippen LogP contribution in [0.1, 0.15) is 22.9 Å². The van der Waals surface area contributed by atoms with Crippen molar-refractivity contribution in [3.05, 3.63) is 120 Å². The number of aliphatic imine (C=N–C) groups is 2. The second-order valence-electron chi connectivity index (χ2n) is 9.94. The van der Waals surface area contributed by atoms with Gasteiger partial charge in [0.25, 0.3) is 0 Å². The van der Waals surface area contributed by atoms with Crippen molar-refractivity contribution in [1.82, 2.24) is 9.78 Å². The Balaban J connectivity index is 1.50. The quantitative estimate of drug-likeness (QED) is 0.248. The van der Waals surface area contributed by atoms with Crippen LogP contribution < -0.4 is 19.7 Å². The van der Waals surface area contributed by atoms with Crippen molar-refractivity contribution < 1.29 is 13.9 Å². The average Bonchev–Trinajstić information content (AvgIpc) is 3.36. The van der Waals surface area contributed by atoms with E-state index in [1.807, 2.05) is 101 Å². The molecule has 42 heavy (non-hydrogen) atoms. The fourth-order valence-corrected chi connectivity index (χ4v) is 5.58. The van der Waals surface area contributed by atoms with E-state index in [0.717, 1.165) is 28.3 Å². The number of nitrogens with one attached hydrogen (secondary N) is 1. The van der Waals surface area contributed by atoms with Gasteiger partial charge in [-0.3, -0.25) is 0 Å². The summed E-state index contributed by atoms with van der Waals surface area (Å²) < 4.78 is 28.7. The van der Waals surface area contributed by atoms with Crippen LogP contribution in [0.25, 0.3) is 5.69 Å². The molecule has 4 aromatic carbocycles. The average molecular weight is 559 g/mol. The lowest BCUT2D eigenvalue weighted by Crippen LogP contribution is -2.46. The molecule has 3 heterocycles. The third-order valence-corrected chi connectivity index (χ3v) is 7.50. The number of hydrogen-bond acceptors (Lipinski definition) is 7. The van der Waals surface area contributed by atoms with E-state index in [2.05, 4.69) is 5.32 Å². The smallest absolute Gasteiger partial charge is 0.179 e. The van der Waals surface area contributed by atoms with Crippen LogP contribution in [-0.2, 0) is 0 Å². The predicted octanol–water partition coefficient (Wildman–Crippen LogP) is 7.13. The Morgan fingerprint density at radius 2 is 1.60 bits per heavy atom. The number of anilines is 2. The van der Waals surface area contributed by atoms with Gasteiger partial charge in [0.2, 0.25) is 0 Å². The molecule has 9 heteroatoms. The summed E-state index contributed by atoms with van der Waals surface area (Å²) in [5.74, 6) is 2.57. The normalized spacial score (nSPS) is 15.1. The van der Waals surface area contributed by atoms with Crippen LogP contribution in [-0.4, -0.2) is 35.7 Å². The highest BCUT2D eigenvalue weighted by atomic mass is 19.1. The van der Waals surface area contributed by atoms with Crippen molar-refractivity contribution in [3.8, 4) is 17.2 Å². The molecule has 0 bridgehead atoms. The second kappa shape index (κ2) is 10.2. The van der Waals surface area contributed by atoms with Crippen LogP contribution in [0.4, 0.5) is 27.3 Å². The fourth-order valence-electron chi connectivity index (χ4n) is 5.58. The van der Waals surface area contributed by atoms with Gasteiger partial charge in [-0.25, -0.2) is 19.1 Å². The van der Waals surface area contributed by atoms with Crippen molar-refractivity contribution in [3.63, 3.8) is 0 Å². The van der Waals surface area contributed by atoms with Crippen molar-refractivity contribution in [2.75, 3.05) is 24.4 Å². The van der Waals surface area contributed by atoms with Gasteiger partial charge in [-0.05, 0) is 49.4 Å². The lowest BCUT2D eigenvalue weighted by atomic mass is 9.93. The molecule has 0 amide bonds. The molecule has 1 unspecified atom stereocenters. The monoisotopic (exact) mass is 558 g/mol. The molecule has 0 saturated heterocycles.